The van der Waals surface area contributed by atoms with Crippen molar-refractivity contribution >= 4 is 0 Å². The van der Waals surface area contributed by atoms with Crippen LogP contribution >= 0.6 is 0 Å². The van der Waals surface area contributed by atoms with Crippen molar-refractivity contribution in [3.8, 4) is 0 Å². The zero-order chi connectivity index (χ0) is 7.40. The molecule has 0 unspecified atom stereocenters. The number of hydrogen-bond acceptors (Lipinski definition) is 2. The molecule has 0 atom stereocenters. The molecule has 0 aromatic carbocycles. The minimum absolute atomic E-state index is 0.492. The van der Waals surface area contributed by atoms with Gasteiger partial charge >= 0.3 is 0 Å². The van der Waals surface area contributed by atoms with Crippen LogP contribution in [0, 0.1) is 0 Å². The van der Waals surface area contributed by atoms with Gasteiger partial charge in [0.05, 0.1) is 12.2 Å². The molecule has 0 aliphatic heterocycles. The first kappa shape index (κ1) is 8.02. The van der Waals surface area contributed by atoms with E-state index in [-0.39, 0.29) is 0 Å². The topological polar surface area (TPSA) is 18.5 Å². The molecule has 0 aromatic heterocycles. The van der Waals surface area contributed by atoms with E-state index in [1.54, 1.807) is 14.2 Å². The maximum absolute atomic E-state index is 5.23. The Kier molecular flexibility index (Phi) is 3.16. The number of methoxy groups -OCH3 is 2. The third kappa shape index (κ3) is 1.96. The maximum Gasteiger partial charge on any atom is 0.0573 e. The molecular formula is C8H16O2. The van der Waals surface area contributed by atoms with Gasteiger partial charge in [0.15, 0.2) is 0 Å². The highest BCUT2D eigenvalue weighted by Gasteiger charge is 2.19. The van der Waals surface area contributed by atoms with Crippen LogP contribution in [0.2, 0.25) is 0 Å². The second-order valence-electron chi connectivity index (χ2n) is 2.87. The van der Waals surface area contributed by atoms with Crippen molar-refractivity contribution in [2.45, 2.75) is 37.9 Å². The zero-order valence-electron chi connectivity index (χ0n) is 6.80. The van der Waals surface area contributed by atoms with E-state index in [2.05, 4.69) is 0 Å². The van der Waals surface area contributed by atoms with Crippen molar-refractivity contribution < 1.29 is 9.47 Å². The lowest BCUT2D eigenvalue weighted by Crippen LogP contribution is -2.24. The molecule has 0 saturated heterocycles. The first-order valence-corrected chi connectivity index (χ1v) is 3.92. The summed E-state index contributed by atoms with van der Waals surface area (Å²) in [6.45, 7) is 0. The molecule has 1 rings (SSSR count). The van der Waals surface area contributed by atoms with E-state index in [9.17, 15) is 0 Å². The Hall–Kier alpha value is -0.0800. The smallest absolute Gasteiger partial charge is 0.0573 e. The van der Waals surface area contributed by atoms with E-state index in [4.69, 9.17) is 9.47 Å². The van der Waals surface area contributed by atoms with Crippen LogP contribution in [0.25, 0.3) is 0 Å². The van der Waals surface area contributed by atoms with Gasteiger partial charge in [0.25, 0.3) is 0 Å². The lowest BCUT2D eigenvalue weighted by Gasteiger charge is -2.26. The summed E-state index contributed by atoms with van der Waals surface area (Å²) in [6, 6.07) is 0. The summed E-state index contributed by atoms with van der Waals surface area (Å²) in [4.78, 5) is 0. The second kappa shape index (κ2) is 3.94. The summed E-state index contributed by atoms with van der Waals surface area (Å²) in [6.07, 6.45) is 5.63. The molecule has 1 saturated carbocycles. The second-order valence-corrected chi connectivity index (χ2v) is 2.87. The van der Waals surface area contributed by atoms with Crippen LogP contribution in [0.15, 0.2) is 0 Å². The van der Waals surface area contributed by atoms with Gasteiger partial charge in [-0.05, 0) is 25.7 Å². The molecular weight excluding hydrogens is 128 g/mol. The van der Waals surface area contributed by atoms with Crippen molar-refractivity contribution in [3.63, 3.8) is 0 Å². The van der Waals surface area contributed by atoms with Crippen LogP contribution in [-0.4, -0.2) is 26.4 Å². The molecule has 10 heavy (non-hydrogen) atoms. The van der Waals surface area contributed by atoms with E-state index in [0.29, 0.717) is 12.2 Å². The van der Waals surface area contributed by atoms with Crippen LogP contribution < -0.4 is 0 Å². The summed E-state index contributed by atoms with van der Waals surface area (Å²) >= 11 is 0. The van der Waals surface area contributed by atoms with Gasteiger partial charge in [-0.3, -0.25) is 0 Å². The van der Waals surface area contributed by atoms with Crippen molar-refractivity contribution in [1.29, 1.82) is 0 Å². The SMILES string of the molecule is CO[C@H]1CC[C@@H](OC)CC1. The predicted molar refractivity (Wildman–Crippen MR) is 40.1 cm³/mol. The van der Waals surface area contributed by atoms with Crippen LogP contribution in [0.1, 0.15) is 25.7 Å². The van der Waals surface area contributed by atoms with E-state index < -0.39 is 0 Å². The Morgan fingerprint density at radius 3 is 1.30 bits per heavy atom. The molecule has 1 aliphatic rings. The van der Waals surface area contributed by atoms with Crippen molar-refractivity contribution in [2.24, 2.45) is 0 Å². The maximum atomic E-state index is 5.23. The lowest BCUT2D eigenvalue weighted by molar-refractivity contribution is 0.00454. The first-order valence-electron chi connectivity index (χ1n) is 3.92. The monoisotopic (exact) mass is 144 g/mol. The van der Waals surface area contributed by atoms with E-state index in [1.807, 2.05) is 0 Å². The first-order chi connectivity index (χ1) is 4.86. The van der Waals surface area contributed by atoms with Gasteiger partial charge in [0, 0.05) is 14.2 Å². The van der Waals surface area contributed by atoms with E-state index in [0.717, 1.165) is 25.7 Å². The molecule has 0 heterocycles. The quantitative estimate of drug-likeness (QED) is 0.586. The molecule has 0 amide bonds. The lowest BCUT2D eigenvalue weighted by atomic mass is 9.95. The van der Waals surface area contributed by atoms with Gasteiger partial charge in [0.1, 0.15) is 0 Å². The Balaban J connectivity index is 2.17. The fourth-order valence-corrected chi connectivity index (χ4v) is 1.50. The minimum atomic E-state index is 0.492. The fraction of sp³-hybridized carbons (Fsp3) is 1.00. The molecule has 2 nitrogen and oxygen atoms in total. The third-order valence-corrected chi connectivity index (χ3v) is 2.29. The minimum Gasteiger partial charge on any atom is -0.381 e. The van der Waals surface area contributed by atoms with Crippen molar-refractivity contribution in [2.75, 3.05) is 14.2 Å². The van der Waals surface area contributed by atoms with Crippen LogP contribution in [-0.2, 0) is 9.47 Å². The molecule has 0 aromatic rings. The highest BCUT2D eigenvalue weighted by molar-refractivity contribution is 4.71. The average Bonchev–Trinajstić information content (AvgIpc) is 2.05. The normalized spacial score (nSPS) is 34.2. The van der Waals surface area contributed by atoms with E-state index >= 15 is 0 Å². The largest absolute Gasteiger partial charge is 0.381 e. The highest BCUT2D eigenvalue weighted by atomic mass is 16.5. The molecule has 1 aliphatic carbocycles. The standard InChI is InChI=1S/C8H16O2/c1-9-7-3-5-8(10-2)6-4-7/h7-8H,3-6H2,1-2H3/t7-,8+. The van der Waals surface area contributed by atoms with E-state index in [1.165, 1.54) is 0 Å². The average molecular weight is 144 g/mol. The Morgan fingerprint density at radius 2 is 1.10 bits per heavy atom. The molecule has 0 bridgehead atoms. The summed E-state index contributed by atoms with van der Waals surface area (Å²) in [5, 5.41) is 0. The fourth-order valence-electron chi connectivity index (χ4n) is 1.50. The number of rotatable bonds is 2. The van der Waals surface area contributed by atoms with Crippen molar-refractivity contribution in [1.82, 2.24) is 0 Å². The van der Waals surface area contributed by atoms with Gasteiger partial charge < -0.3 is 9.47 Å². The van der Waals surface area contributed by atoms with Gasteiger partial charge in [-0.2, -0.15) is 0 Å². The molecule has 60 valence electrons. The molecule has 0 spiro atoms. The summed E-state index contributed by atoms with van der Waals surface area (Å²) < 4.78 is 10.5. The van der Waals surface area contributed by atoms with Crippen molar-refractivity contribution in [3.05, 3.63) is 0 Å². The Morgan fingerprint density at radius 1 is 0.800 bits per heavy atom. The van der Waals surface area contributed by atoms with Gasteiger partial charge in [-0.1, -0.05) is 0 Å². The third-order valence-electron chi connectivity index (χ3n) is 2.29. The predicted octanol–water partition coefficient (Wildman–Crippen LogP) is 1.59. The molecule has 1 fully saturated rings. The molecule has 0 radical (unpaired) electrons. The summed E-state index contributed by atoms with van der Waals surface area (Å²) in [7, 11) is 3.58. The zero-order valence-corrected chi connectivity index (χ0v) is 6.80. The highest BCUT2D eigenvalue weighted by Crippen LogP contribution is 2.21. The molecule has 0 N–H and O–H groups in total. The molecule has 2 heteroatoms. The van der Waals surface area contributed by atoms with Gasteiger partial charge in [-0.25, -0.2) is 0 Å². The van der Waals surface area contributed by atoms with Gasteiger partial charge in [-0.15, -0.1) is 0 Å². The Bertz CT molecular complexity index is 73.3. The summed E-state index contributed by atoms with van der Waals surface area (Å²) in [5.74, 6) is 0. The number of ether oxygens (including phenoxy) is 2. The number of hydrogen-bond donors (Lipinski definition) is 0. The van der Waals surface area contributed by atoms with Crippen LogP contribution in [0.4, 0.5) is 0 Å². The van der Waals surface area contributed by atoms with Gasteiger partial charge in [0.2, 0.25) is 0 Å². The Labute approximate surface area is 62.5 Å². The van der Waals surface area contributed by atoms with Crippen LogP contribution in [0.3, 0.4) is 0 Å². The summed E-state index contributed by atoms with van der Waals surface area (Å²) in [5.41, 5.74) is 0. The van der Waals surface area contributed by atoms with Crippen LogP contribution in [0.5, 0.6) is 0 Å².